The van der Waals surface area contributed by atoms with Crippen LogP contribution in [0.25, 0.3) is 0 Å². The maximum absolute atomic E-state index is 11.6. The molecule has 2 N–H and O–H groups in total. The molecule has 1 unspecified atom stereocenters. The minimum absolute atomic E-state index is 0.0660. The number of rotatable bonds is 1. The van der Waals surface area contributed by atoms with Crippen molar-refractivity contribution in [1.82, 2.24) is 15.6 Å². The third kappa shape index (κ3) is 1.34. The molecule has 3 aliphatic rings. The topological polar surface area (TPSA) is 56.7 Å². The standard InChI is InChI=1S/C9H11IN4O/c10-7-6-9(15)11-4-12-14(6)8(13-7)5-2-1-3-5/h4-5,8,13H,1-3H2,(H,11,12,15). The lowest BCUT2D eigenvalue weighted by Crippen LogP contribution is -2.47. The number of carbonyl (C=O) groups is 1. The third-order valence-electron chi connectivity index (χ3n) is 3.16. The van der Waals surface area contributed by atoms with E-state index >= 15 is 0 Å². The molecule has 2 heterocycles. The summed E-state index contributed by atoms with van der Waals surface area (Å²) in [4.78, 5) is 11.6. The van der Waals surface area contributed by atoms with Crippen molar-refractivity contribution in [2.24, 2.45) is 11.0 Å². The van der Waals surface area contributed by atoms with E-state index < -0.39 is 0 Å². The smallest absolute Gasteiger partial charge is 0.277 e. The predicted octanol–water partition coefficient (Wildman–Crippen LogP) is 0.695. The second-order valence-corrected chi connectivity index (χ2v) is 5.08. The number of carbonyl (C=O) groups excluding carboxylic acids is 1. The molecule has 0 aromatic rings. The van der Waals surface area contributed by atoms with Gasteiger partial charge in [0.25, 0.3) is 5.91 Å². The van der Waals surface area contributed by atoms with E-state index in [9.17, 15) is 4.79 Å². The molecular formula is C9H11IN4O. The van der Waals surface area contributed by atoms with Crippen molar-refractivity contribution >= 4 is 34.8 Å². The average Bonchev–Trinajstić information content (AvgIpc) is 2.43. The number of nitrogens with one attached hydrogen (secondary N) is 2. The van der Waals surface area contributed by atoms with Gasteiger partial charge in [-0.15, -0.1) is 0 Å². The zero-order valence-corrected chi connectivity index (χ0v) is 10.2. The Kier molecular flexibility index (Phi) is 2.11. The Labute approximate surface area is 101 Å². The summed E-state index contributed by atoms with van der Waals surface area (Å²) in [6.45, 7) is 0. The first-order chi connectivity index (χ1) is 7.27. The van der Waals surface area contributed by atoms with E-state index in [0.717, 1.165) is 3.70 Å². The number of hydrogen-bond acceptors (Lipinski definition) is 4. The van der Waals surface area contributed by atoms with Crippen molar-refractivity contribution in [3.63, 3.8) is 0 Å². The molecule has 3 rings (SSSR count). The summed E-state index contributed by atoms with van der Waals surface area (Å²) >= 11 is 2.16. The molecule has 1 aliphatic carbocycles. The molecule has 2 aliphatic heterocycles. The lowest BCUT2D eigenvalue weighted by molar-refractivity contribution is -0.118. The van der Waals surface area contributed by atoms with Crippen molar-refractivity contribution in [2.75, 3.05) is 0 Å². The summed E-state index contributed by atoms with van der Waals surface area (Å²) in [7, 11) is 0. The second kappa shape index (κ2) is 3.36. The Morgan fingerprint density at radius 2 is 2.33 bits per heavy atom. The van der Waals surface area contributed by atoms with Gasteiger partial charge in [0, 0.05) is 0 Å². The fourth-order valence-corrected chi connectivity index (χ4v) is 2.93. The van der Waals surface area contributed by atoms with E-state index in [2.05, 4.69) is 38.3 Å². The van der Waals surface area contributed by atoms with E-state index in [1.54, 1.807) is 0 Å². The minimum atomic E-state index is -0.0660. The summed E-state index contributed by atoms with van der Waals surface area (Å²) in [5.74, 6) is 0.555. The first-order valence-electron chi connectivity index (χ1n) is 5.06. The molecule has 0 bridgehead atoms. The molecule has 0 aromatic heterocycles. The largest absolute Gasteiger partial charge is 0.357 e. The SMILES string of the molecule is O=C1NC=NN2C1=C(I)NC2C1CCC1. The monoisotopic (exact) mass is 318 g/mol. The third-order valence-corrected chi connectivity index (χ3v) is 3.99. The highest BCUT2D eigenvalue weighted by Crippen LogP contribution is 2.37. The zero-order valence-electron chi connectivity index (χ0n) is 8.03. The van der Waals surface area contributed by atoms with Crippen LogP contribution >= 0.6 is 22.6 Å². The Balaban J connectivity index is 1.90. The number of hydrogen-bond donors (Lipinski definition) is 2. The highest BCUT2D eigenvalue weighted by molar-refractivity contribution is 14.1. The van der Waals surface area contributed by atoms with Gasteiger partial charge in [0.2, 0.25) is 0 Å². The molecule has 1 saturated carbocycles. The summed E-state index contributed by atoms with van der Waals surface area (Å²) in [6.07, 6.45) is 5.39. The maximum Gasteiger partial charge on any atom is 0.277 e. The van der Waals surface area contributed by atoms with E-state index in [1.165, 1.54) is 25.6 Å². The molecule has 15 heavy (non-hydrogen) atoms. The van der Waals surface area contributed by atoms with Gasteiger partial charge in [-0.1, -0.05) is 6.42 Å². The van der Waals surface area contributed by atoms with Gasteiger partial charge in [0.1, 0.15) is 16.2 Å². The highest BCUT2D eigenvalue weighted by Gasteiger charge is 2.41. The molecule has 1 fully saturated rings. The molecule has 1 amide bonds. The van der Waals surface area contributed by atoms with E-state index in [0.29, 0.717) is 11.6 Å². The molecule has 0 spiro atoms. The van der Waals surface area contributed by atoms with E-state index in [-0.39, 0.29) is 12.1 Å². The Bertz CT molecular complexity index is 374. The summed E-state index contributed by atoms with van der Waals surface area (Å²) in [5.41, 5.74) is 0.662. The van der Waals surface area contributed by atoms with Crippen LogP contribution in [0.5, 0.6) is 0 Å². The van der Waals surface area contributed by atoms with Crippen LogP contribution in [0, 0.1) is 5.92 Å². The Morgan fingerprint density at radius 1 is 1.53 bits per heavy atom. The molecule has 0 radical (unpaired) electrons. The van der Waals surface area contributed by atoms with Gasteiger partial charge in [-0.25, -0.2) is 5.01 Å². The molecule has 5 nitrogen and oxygen atoms in total. The van der Waals surface area contributed by atoms with Gasteiger partial charge in [-0.2, -0.15) is 5.10 Å². The number of amides is 1. The first kappa shape index (κ1) is 9.44. The van der Waals surface area contributed by atoms with Crippen LogP contribution < -0.4 is 10.6 Å². The van der Waals surface area contributed by atoms with Gasteiger partial charge in [0.05, 0.1) is 0 Å². The highest BCUT2D eigenvalue weighted by atomic mass is 127. The first-order valence-corrected chi connectivity index (χ1v) is 6.14. The van der Waals surface area contributed by atoms with Crippen molar-refractivity contribution in [3.8, 4) is 0 Å². The number of hydrazone groups is 1. The Hall–Kier alpha value is -0.790. The van der Waals surface area contributed by atoms with Crippen LogP contribution in [0.1, 0.15) is 19.3 Å². The zero-order chi connectivity index (χ0) is 10.4. The van der Waals surface area contributed by atoms with Crippen LogP contribution in [-0.4, -0.2) is 23.4 Å². The summed E-state index contributed by atoms with van der Waals surface area (Å²) in [6, 6.07) is 0. The van der Waals surface area contributed by atoms with Crippen molar-refractivity contribution in [2.45, 2.75) is 25.4 Å². The summed E-state index contributed by atoms with van der Waals surface area (Å²) < 4.78 is 0.902. The lowest BCUT2D eigenvalue weighted by Gasteiger charge is -2.36. The number of halogens is 1. The van der Waals surface area contributed by atoms with Crippen LogP contribution in [0.15, 0.2) is 14.5 Å². The predicted molar refractivity (Wildman–Crippen MR) is 63.8 cm³/mol. The minimum Gasteiger partial charge on any atom is -0.357 e. The van der Waals surface area contributed by atoms with Crippen molar-refractivity contribution in [3.05, 3.63) is 9.40 Å². The van der Waals surface area contributed by atoms with E-state index in [4.69, 9.17) is 0 Å². The lowest BCUT2D eigenvalue weighted by atomic mass is 9.83. The fraction of sp³-hybridized carbons (Fsp3) is 0.556. The molecule has 0 aromatic carbocycles. The average molecular weight is 318 g/mol. The Morgan fingerprint density at radius 3 is 3.00 bits per heavy atom. The van der Waals surface area contributed by atoms with Gasteiger partial charge in [-0.3, -0.25) is 4.79 Å². The van der Waals surface area contributed by atoms with Crippen LogP contribution in [0.3, 0.4) is 0 Å². The second-order valence-electron chi connectivity index (χ2n) is 4.01. The molecule has 6 heteroatoms. The van der Waals surface area contributed by atoms with Gasteiger partial charge in [-0.05, 0) is 41.4 Å². The van der Waals surface area contributed by atoms with Gasteiger partial charge in [0.15, 0.2) is 5.70 Å². The molecule has 1 atom stereocenters. The number of fused-ring (bicyclic) bond motifs is 1. The summed E-state index contributed by atoms with van der Waals surface area (Å²) in [5, 5.41) is 12.0. The molecular weight excluding hydrogens is 307 g/mol. The number of nitrogens with zero attached hydrogens (tertiary/aromatic N) is 2. The molecule has 0 saturated heterocycles. The molecule has 80 valence electrons. The van der Waals surface area contributed by atoms with Gasteiger partial charge < -0.3 is 10.6 Å². The van der Waals surface area contributed by atoms with Gasteiger partial charge >= 0.3 is 0 Å². The quantitative estimate of drug-likeness (QED) is 0.553. The maximum atomic E-state index is 11.6. The van der Waals surface area contributed by atoms with Crippen LogP contribution in [0.4, 0.5) is 0 Å². The van der Waals surface area contributed by atoms with Crippen LogP contribution in [-0.2, 0) is 4.79 Å². The van der Waals surface area contributed by atoms with Crippen molar-refractivity contribution in [1.29, 1.82) is 0 Å². The van der Waals surface area contributed by atoms with E-state index in [1.807, 2.05) is 5.01 Å². The van der Waals surface area contributed by atoms with Crippen molar-refractivity contribution < 1.29 is 4.79 Å². The fourth-order valence-electron chi connectivity index (χ4n) is 2.12. The van der Waals surface area contributed by atoms with Crippen LogP contribution in [0.2, 0.25) is 0 Å². The normalized spacial score (nSPS) is 29.8.